The summed E-state index contributed by atoms with van der Waals surface area (Å²) in [5, 5.41) is 0. The SMILES string of the molecule is CCC(=O)C(=O)c1cc(C(=O)OC)ccc1C. The molecular weight excluding hydrogens is 220 g/mol. The third-order valence-corrected chi connectivity index (χ3v) is 2.48. The molecule has 0 spiro atoms. The van der Waals surface area contributed by atoms with Gasteiger partial charge in [0, 0.05) is 12.0 Å². The van der Waals surface area contributed by atoms with Crippen molar-refractivity contribution in [1.29, 1.82) is 0 Å². The van der Waals surface area contributed by atoms with Gasteiger partial charge in [0.1, 0.15) is 0 Å². The van der Waals surface area contributed by atoms with Crippen LogP contribution in [0.1, 0.15) is 39.6 Å². The third kappa shape index (κ3) is 2.78. The molecule has 0 radical (unpaired) electrons. The first-order valence-electron chi connectivity index (χ1n) is 5.27. The molecule has 0 aromatic heterocycles. The number of rotatable bonds is 4. The molecule has 4 heteroatoms. The first kappa shape index (κ1) is 13.1. The van der Waals surface area contributed by atoms with Crippen molar-refractivity contribution in [1.82, 2.24) is 0 Å². The molecule has 0 aliphatic rings. The largest absolute Gasteiger partial charge is 0.465 e. The first-order valence-corrected chi connectivity index (χ1v) is 5.27. The minimum absolute atomic E-state index is 0.153. The number of hydrogen-bond acceptors (Lipinski definition) is 4. The van der Waals surface area contributed by atoms with Crippen molar-refractivity contribution in [3.63, 3.8) is 0 Å². The van der Waals surface area contributed by atoms with Crippen molar-refractivity contribution in [3.05, 3.63) is 34.9 Å². The van der Waals surface area contributed by atoms with Crippen molar-refractivity contribution in [2.75, 3.05) is 7.11 Å². The van der Waals surface area contributed by atoms with Crippen LogP contribution in [-0.4, -0.2) is 24.6 Å². The lowest BCUT2D eigenvalue weighted by molar-refractivity contribution is -0.114. The zero-order chi connectivity index (χ0) is 13.0. The van der Waals surface area contributed by atoms with Gasteiger partial charge >= 0.3 is 5.97 Å². The van der Waals surface area contributed by atoms with Gasteiger partial charge in [-0.1, -0.05) is 13.0 Å². The van der Waals surface area contributed by atoms with Crippen LogP contribution < -0.4 is 0 Å². The van der Waals surface area contributed by atoms with E-state index in [1.165, 1.54) is 13.2 Å². The fourth-order valence-corrected chi connectivity index (χ4v) is 1.42. The van der Waals surface area contributed by atoms with Gasteiger partial charge in [-0.2, -0.15) is 0 Å². The minimum atomic E-state index is -0.559. The number of aryl methyl sites for hydroxylation is 1. The van der Waals surface area contributed by atoms with E-state index >= 15 is 0 Å². The lowest BCUT2D eigenvalue weighted by Gasteiger charge is -2.06. The Morgan fingerprint density at radius 1 is 1.24 bits per heavy atom. The number of ether oxygens (including phenoxy) is 1. The average Bonchev–Trinajstić information content (AvgIpc) is 2.36. The molecular formula is C13H14O4. The van der Waals surface area contributed by atoms with E-state index in [0.717, 1.165) is 0 Å². The van der Waals surface area contributed by atoms with Crippen LogP contribution in [0.3, 0.4) is 0 Å². The number of methoxy groups -OCH3 is 1. The van der Waals surface area contributed by atoms with Crippen LogP contribution in [-0.2, 0) is 9.53 Å². The van der Waals surface area contributed by atoms with Gasteiger partial charge in [-0.25, -0.2) is 4.79 Å². The highest BCUT2D eigenvalue weighted by molar-refractivity contribution is 6.44. The predicted molar refractivity (Wildman–Crippen MR) is 62.1 cm³/mol. The smallest absolute Gasteiger partial charge is 0.337 e. The summed E-state index contributed by atoms with van der Waals surface area (Å²) in [7, 11) is 1.26. The molecule has 0 amide bonds. The van der Waals surface area contributed by atoms with E-state index in [0.29, 0.717) is 5.56 Å². The highest BCUT2D eigenvalue weighted by Gasteiger charge is 2.18. The summed E-state index contributed by atoms with van der Waals surface area (Å²) < 4.78 is 4.56. The summed E-state index contributed by atoms with van der Waals surface area (Å²) in [5.41, 5.74) is 1.20. The molecule has 0 saturated heterocycles. The molecule has 0 bridgehead atoms. The van der Waals surface area contributed by atoms with Gasteiger partial charge in [0.2, 0.25) is 11.6 Å². The van der Waals surface area contributed by atoms with Crippen LogP contribution in [0, 0.1) is 6.92 Å². The van der Waals surface area contributed by atoms with E-state index in [2.05, 4.69) is 4.74 Å². The standard InChI is InChI=1S/C13H14O4/c1-4-11(14)12(15)10-7-9(13(16)17-3)6-5-8(10)2/h5-7H,4H2,1-3H3. The van der Waals surface area contributed by atoms with Crippen LogP contribution >= 0.6 is 0 Å². The summed E-state index contributed by atoms with van der Waals surface area (Å²) in [6.45, 7) is 3.34. The second-order valence-electron chi connectivity index (χ2n) is 3.63. The Bertz CT molecular complexity index is 474. The van der Waals surface area contributed by atoms with Crippen LogP contribution in [0.2, 0.25) is 0 Å². The fourth-order valence-electron chi connectivity index (χ4n) is 1.42. The fraction of sp³-hybridized carbons (Fsp3) is 0.308. The molecule has 0 aliphatic heterocycles. The van der Waals surface area contributed by atoms with Crippen LogP contribution in [0.15, 0.2) is 18.2 Å². The summed E-state index contributed by atoms with van der Waals surface area (Å²) >= 11 is 0. The van der Waals surface area contributed by atoms with E-state index in [1.54, 1.807) is 26.0 Å². The maximum absolute atomic E-state index is 11.8. The molecule has 1 rings (SSSR count). The summed E-state index contributed by atoms with van der Waals surface area (Å²) in [6.07, 6.45) is 0.153. The normalized spacial score (nSPS) is 9.82. The van der Waals surface area contributed by atoms with Gasteiger partial charge in [-0.3, -0.25) is 9.59 Å². The van der Waals surface area contributed by atoms with Crippen molar-refractivity contribution in [2.24, 2.45) is 0 Å². The van der Waals surface area contributed by atoms with Gasteiger partial charge in [-0.15, -0.1) is 0 Å². The Hall–Kier alpha value is -1.97. The highest BCUT2D eigenvalue weighted by atomic mass is 16.5. The van der Waals surface area contributed by atoms with E-state index in [9.17, 15) is 14.4 Å². The van der Waals surface area contributed by atoms with E-state index in [4.69, 9.17) is 0 Å². The maximum Gasteiger partial charge on any atom is 0.337 e. The first-order chi connectivity index (χ1) is 8.01. The maximum atomic E-state index is 11.8. The molecule has 0 aliphatic carbocycles. The quantitative estimate of drug-likeness (QED) is 0.454. The van der Waals surface area contributed by atoms with Gasteiger partial charge in [-0.05, 0) is 24.6 Å². The number of ketones is 2. The number of carbonyl (C=O) groups excluding carboxylic acids is 3. The number of hydrogen-bond donors (Lipinski definition) is 0. The second-order valence-corrected chi connectivity index (χ2v) is 3.63. The Labute approximate surface area is 99.6 Å². The Balaban J connectivity index is 3.19. The molecule has 17 heavy (non-hydrogen) atoms. The van der Waals surface area contributed by atoms with Crippen LogP contribution in [0.5, 0.6) is 0 Å². The average molecular weight is 234 g/mol. The summed E-state index contributed by atoms with van der Waals surface area (Å²) in [4.78, 5) is 34.4. The Morgan fingerprint density at radius 3 is 2.41 bits per heavy atom. The van der Waals surface area contributed by atoms with E-state index in [-0.39, 0.29) is 17.5 Å². The summed E-state index contributed by atoms with van der Waals surface area (Å²) in [6, 6.07) is 4.59. The molecule has 0 heterocycles. The van der Waals surface area contributed by atoms with Gasteiger partial charge < -0.3 is 4.74 Å². The molecule has 0 saturated carbocycles. The van der Waals surface area contributed by atoms with Gasteiger partial charge in [0.15, 0.2) is 0 Å². The molecule has 1 aromatic carbocycles. The topological polar surface area (TPSA) is 60.4 Å². The molecule has 0 atom stereocenters. The molecule has 1 aromatic rings. The number of carbonyl (C=O) groups is 3. The van der Waals surface area contributed by atoms with Crippen molar-refractivity contribution >= 4 is 17.5 Å². The second kappa shape index (κ2) is 5.39. The Kier molecular flexibility index (Phi) is 4.15. The van der Waals surface area contributed by atoms with Crippen LogP contribution in [0.4, 0.5) is 0 Å². The number of benzene rings is 1. The highest BCUT2D eigenvalue weighted by Crippen LogP contribution is 2.14. The molecule has 0 unspecified atom stereocenters. The van der Waals surface area contributed by atoms with Crippen LogP contribution in [0.25, 0.3) is 0 Å². The molecule has 90 valence electrons. The van der Waals surface area contributed by atoms with Crippen molar-refractivity contribution in [2.45, 2.75) is 20.3 Å². The van der Waals surface area contributed by atoms with Gasteiger partial charge in [0.05, 0.1) is 12.7 Å². The monoisotopic (exact) mass is 234 g/mol. The van der Waals surface area contributed by atoms with Crippen molar-refractivity contribution in [3.8, 4) is 0 Å². The molecule has 0 N–H and O–H groups in total. The lowest BCUT2D eigenvalue weighted by atomic mass is 9.98. The van der Waals surface area contributed by atoms with Gasteiger partial charge in [0.25, 0.3) is 0 Å². The minimum Gasteiger partial charge on any atom is -0.465 e. The Morgan fingerprint density at radius 2 is 1.88 bits per heavy atom. The summed E-state index contributed by atoms with van der Waals surface area (Å²) in [5.74, 6) is -1.55. The van der Waals surface area contributed by atoms with Crippen molar-refractivity contribution < 1.29 is 19.1 Å². The zero-order valence-electron chi connectivity index (χ0n) is 10.1. The number of Topliss-reactive ketones (excluding diaryl/α,β-unsaturated/α-hetero) is 2. The molecule has 0 fully saturated rings. The zero-order valence-corrected chi connectivity index (χ0v) is 10.1. The number of esters is 1. The lowest BCUT2D eigenvalue weighted by Crippen LogP contribution is -2.15. The van der Waals surface area contributed by atoms with E-state index in [1.807, 2.05) is 0 Å². The third-order valence-electron chi connectivity index (χ3n) is 2.48. The predicted octanol–water partition coefficient (Wildman–Crippen LogP) is 1.94. The van der Waals surface area contributed by atoms with E-state index < -0.39 is 17.5 Å². The molecule has 4 nitrogen and oxygen atoms in total.